The van der Waals surface area contributed by atoms with Crippen molar-refractivity contribution < 1.29 is 9.84 Å². The van der Waals surface area contributed by atoms with Crippen LogP contribution < -0.4 is 0 Å². The van der Waals surface area contributed by atoms with E-state index in [0.29, 0.717) is 6.61 Å². The quantitative estimate of drug-likeness (QED) is 0.0967. The molecule has 0 rings (SSSR count). The second-order valence-electron chi connectivity index (χ2n) is 9.93. The van der Waals surface area contributed by atoms with Gasteiger partial charge in [0.05, 0.1) is 12.7 Å². The van der Waals surface area contributed by atoms with Crippen molar-refractivity contribution in [3.8, 4) is 0 Å². The molecule has 0 aromatic heterocycles. The molecule has 0 unspecified atom stereocenters. The van der Waals surface area contributed by atoms with Crippen LogP contribution in [0.3, 0.4) is 0 Å². The van der Waals surface area contributed by atoms with Gasteiger partial charge >= 0.3 is 0 Å². The summed E-state index contributed by atoms with van der Waals surface area (Å²) in [6.07, 6.45) is 37.2. The summed E-state index contributed by atoms with van der Waals surface area (Å²) in [4.78, 5) is 0. The summed E-state index contributed by atoms with van der Waals surface area (Å²) in [6.45, 7) is 5.86. The Bertz CT molecular complexity index is 402. The maximum Gasteiger partial charge on any atom is 0.0773 e. The number of hydrogen-bond donors (Lipinski definition) is 1. The summed E-state index contributed by atoms with van der Waals surface area (Å²) in [7, 11) is 0. The average Bonchev–Trinajstić information content (AvgIpc) is 2.82. The van der Waals surface area contributed by atoms with Gasteiger partial charge in [-0.25, -0.2) is 0 Å². The molecule has 0 bridgehead atoms. The van der Waals surface area contributed by atoms with Crippen LogP contribution >= 0.6 is 0 Å². The lowest BCUT2D eigenvalue weighted by Crippen LogP contribution is -2.15. The lowest BCUT2D eigenvalue weighted by molar-refractivity contribution is 0.0297. The highest BCUT2D eigenvalue weighted by molar-refractivity contribution is 4.92. The lowest BCUT2D eigenvalue weighted by atomic mass is 10.1. The Balaban J connectivity index is 3.21. The lowest BCUT2D eigenvalue weighted by Gasteiger charge is -2.11. The molecule has 33 heavy (non-hydrogen) atoms. The van der Waals surface area contributed by atoms with Gasteiger partial charge in [0.2, 0.25) is 0 Å². The third-order valence-corrected chi connectivity index (χ3v) is 6.44. The van der Waals surface area contributed by atoms with E-state index in [9.17, 15) is 5.11 Å². The number of rotatable bonds is 27. The summed E-state index contributed by atoms with van der Waals surface area (Å²) in [5.74, 6) is 0. The molecule has 0 radical (unpaired) electrons. The molecule has 0 amide bonds. The summed E-state index contributed by atoms with van der Waals surface area (Å²) >= 11 is 0. The zero-order valence-corrected chi connectivity index (χ0v) is 22.7. The molecule has 0 aliphatic carbocycles. The maximum absolute atomic E-state index is 10.0. The molecular weight excluding hydrogens is 404 g/mol. The second-order valence-corrected chi connectivity index (χ2v) is 9.93. The highest BCUT2D eigenvalue weighted by Gasteiger charge is 2.04. The molecule has 0 spiro atoms. The fraction of sp³-hybridized carbons (Fsp3) is 0.871. The van der Waals surface area contributed by atoms with E-state index in [2.05, 4.69) is 38.2 Å². The second kappa shape index (κ2) is 29.4. The van der Waals surface area contributed by atoms with Gasteiger partial charge in [-0.3, -0.25) is 0 Å². The highest BCUT2D eigenvalue weighted by atomic mass is 16.5. The largest absolute Gasteiger partial charge is 0.391 e. The van der Waals surface area contributed by atoms with E-state index in [0.717, 1.165) is 32.3 Å². The standard InChI is InChI=1S/C31H60O2/c1-3-5-7-9-11-13-14-15-16-17-18-19-21-23-25-27-29-33-30-31(32)28-26-24-22-20-12-10-8-6-4-2/h11,13,15-16,31-32H,3-10,12,14,17-30H2,1-2H3/b13-11-,16-15-/t31-/m1/s1. The van der Waals surface area contributed by atoms with Crippen LogP contribution in [-0.4, -0.2) is 24.4 Å². The highest BCUT2D eigenvalue weighted by Crippen LogP contribution is 2.12. The van der Waals surface area contributed by atoms with Crippen molar-refractivity contribution in [1.29, 1.82) is 0 Å². The van der Waals surface area contributed by atoms with E-state index in [4.69, 9.17) is 4.74 Å². The van der Waals surface area contributed by atoms with Crippen molar-refractivity contribution >= 4 is 0 Å². The number of hydrogen-bond acceptors (Lipinski definition) is 2. The summed E-state index contributed by atoms with van der Waals surface area (Å²) < 4.78 is 5.68. The molecule has 0 aliphatic rings. The van der Waals surface area contributed by atoms with Gasteiger partial charge in [-0.1, -0.05) is 134 Å². The van der Waals surface area contributed by atoms with Crippen molar-refractivity contribution in [3.05, 3.63) is 24.3 Å². The third kappa shape index (κ3) is 29.4. The maximum atomic E-state index is 10.0. The average molecular weight is 465 g/mol. The molecule has 0 saturated carbocycles. The molecule has 0 aromatic rings. The molecule has 0 heterocycles. The van der Waals surface area contributed by atoms with Crippen molar-refractivity contribution in [1.82, 2.24) is 0 Å². The van der Waals surface area contributed by atoms with E-state index in [1.54, 1.807) is 0 Å². The van der Waals surface area contributed by atoms with Crippen molar-refractivity contribution in [2.45, 2.75) is 161 Å². The molecule has 0 saturated heterocycles. The Morgan fingerprint density at radius 2 is 1.00 bits per heavy atom. The van der Waals surface area contributed by atoms with Crippen LogP contribution in [0.5, 0.6) is 0 Å². The molecule has 1 N–H and O–H groups in total. The molecule has 0 aliphatic heterocycles. The molecule has 0 fully saturated rings. The van der Waals surface area contributed by atoms with Crippen molar-refractivity contribution in [3.63, 3.8) is 0 Å². The number of unbranched alkanes of at least 4 members (excludes halogenated alkanes) is 17. The molecule has 1 atom stereocenters. The van der Waals surface area contributed by atoms with Gasteiger partial charge in [0.25, 0.3) is 0 Å². The third-order valence-electron chi connectivity index (χ3n) is 6.44. The van der Waals surface area contributed by atoms with Crippen LogP contribution in [0, 0.1) is 0 Å². The first kappa shape index (κ1) is 32.4. The number of aliphatic hydroxyl groups excluding tert-OH is 1. The van der Waals surface area contributed by atoms with Gasteiger partial charge in [0, 0.05) is 6.61 Å². The Hall–Kier alpha value is -0.600. The van der Waals surface area contributed by atoms with E-state index >= 15 is 0 Å². The van der Waals surface area contributed by atoms with Crippen LogP contribution in [0.4, 0.5) is 0 Å². The van der Waals surface area contributed by atoms with Crippen LogP contribution in [-0.2, 0) is 4.74 Å². The van der Waals surface area contributed by atoms with Crippen LogP contribution in [0.15, 0.2) is 24.3 Å². The zero-order valence-electron chi connectivity index (χ0n) is 22.7. The Labute approximate surface area is 208 Å². The predicted octanol–water partition coefficient (Wildman–Crippen LogP) is 10.1. The van der Waals surface area contributed by atoms with Gasteiger partial charge in [-0.05, 0) is 44.9 Å². The van der Waals surface area contributed by atoms with E-state index in [1.165, 1.54) is 116 Å². The topological polar surface area (TPSA) is 29.5 Å². The van der Waals surface area contributed by atoms with Crippen LogP contribution in [0.2, 0.25) is 0 Å². The SMILES string of the molecule is CCCCC/C=C\C/C=C\CCCCCCCCOC[C@H](O)CCCCCCCCCCC. The van der Waals surface area contributed by atoms with Gasteiger partial charge in [-0.2, -0.15) is 0 Å². The molecule has 196 valence electrons. The molecule has 2 nitrogen and oxygen atoms in total. The smallest absolute Gasteiger partial charge is 0.0773 e. The van der Waals surface area contributed by atoms with E-state index in [-0.39, 0.29) is 6.10 Å². The monoisotopic (exact) mass is 464 g/mol. The van der Waals surface area contributed by atoms with E-state index < -0.39 is 0 Å². The van der Waals surface area contributed by atoms with Crippen LogP contribution in [0.25, 0.3) is 0 Å². The minimum absolute atomic E-state index is 0.265. The van der Waals surface area contributed by atoms with Gasteiger partial charge < -0.3 is 9.84 Å². The normalized spacial score (nSPS) is 12.9. The van der Waals surface area contributed by atoms with Crippen molar-refractivity contribution in [2.75, 3.05) is 13.2 Å². The Morgan fingerprint density at radius 3 is 1.61 bits per heavy atom. The Morgan fingerprint density at radius 1 is 0.545 bits per heavy atom. The molecular formula is C31H60O2. The first-order valence-electron chi connectivity index (χ1n) is 14.9. The van der Waals surface area contributed by atoms with Crippen LogP contribution in [0.1, 0.15) is 155 Å². The summed E-state index contributed by atoms with van der Waals surface area (Å²) in [6, 6.07) is 0. The molecule has 0 aromatic carbocycles. The van der Waals surface area contributed by atoms with Gasteiger partial charge in [-0.15, -0.1) is 0 Å². The zero-order chi connectivity index (χ0) is 24.1. The van der Waals surface area contributed by atoms with Gasteiger partial charge in [0.15, 0.2) is 0 Å². The molecule has 2 heteroatoms. The fourth-order valence-corrected chi connectivity index (χ4v) is 4.19. The minimum Gasteiger partial charge on any atom is -0.391 e. The number of ether oxygens (including phenoxy) is 1. The number of allylic oxidation sites excluding steroid dienone is 4. The fourth-order valence-electron chi connectivity index (χ4n) is 4.19. The summed E-state index contributed by atoms with van der Waals surface area (Å²) in [5, 5.41) is 10.0. The first-order valence-corrected chi connectivity index (χ1v) is 14.9. The summed E-state index contributed by atoms with van der Waals surface area (Å²) in [5.41, 5.74) is 0. The predicted molar refractivity (Wildman–Crippen MR) is 148 cm³/mol. The Kier molecular flexibility index (Phi) is 28.9. The van der Waals surface area contributed by atoms with Crippen molar-refractivity contribution in [2.24, 2.45) is 0 Å². The van der Waals surface area contributed by atoms with Gasteiger partial charge in [0.1, 0.15) is 0 Å². The van der Waals surface area contributed by atoms with E-state index in [1.807, 2.05) is 0 Å². The first-order chi connectivity index (χ1) is 16.3. The minimum atomic E-state index is -0.265. The number of aliphatic hydroxyl groups is 1.